The van der Waals surface area contributed by atoms with Crippen molar-refractivity contribution >= 4 is 11.9 Å². The fourth-order valence-electron chi connectivity index (χ4n) is 5.58. The van der Waals surface area contributed by atoms with Crippen LogP contribution in [0.5, 0.6) is 0 Å². The first-order valence-corrected chi connectivity index (χ1v) is 13.2. The molecule has 0 aromatic heterocycles. The Morgan fingerprint density at radius 3 is 2.50 bits per heavy atom. The monoisotopic (exact) mass is 479 g/mol. The molecule has 7 nitrogen and oxygen atoms in total. The minimum atomic E-state index is -0.315. The molecule has 34 heavy (non-hydrogen) atoms. The van der Waals surface area contributed by atoms with Crippen LogP contribution in [0, 0.1) is 5.92 Å². The largest absolute Gasteiger partial charge is 0.460 e. The van der Waals surface area contributed by atoms with Crippen molar-refractivity contribution in [3.63, 3.8) is 0 Å². The third-order valence-electron chi connectivity index (χ3n) is 7.72. The average Bonchev–Trinajstić information content (AvgIpc) is 3.72. The number of unbranched alkanes of at least 4 members (excludes halogenated alkanes) is 4. The van der Waals surface area contributed by atoms with Gasteiger partial charge in [0.25, 0.3) is 0 Å². The molecule has 2 aliphatic heterocycles. The molecule has 2 heterocycles. The Morgan fingerprint density at radius 2 is 1.85 bits per heavy atom. The minimum absolute atomic E-state index is 0.0558. The zero-order valence-corrected chi connectivity index (χ0v) is 21.8. The van der Waals surface area contributed by atoms with E-state index in [-0.39, 0.29) is 47.3 Å². The quantitative estimate of drug-likeness (QED) is 0.171. The van der Waals surface area contributed by atoms with E-state index in [1.165, 1.54) is 5.57 Å². The van der Waals surface area contributed by atoms with Crippen LogP contribution in [-0.2, 0) is 28.5 Å². The number of carbonyl (C=O) groups excluding carboxylic acids is 2. The van der Waals surface area contributed by atoms with Crippen LogP contribution in [0.3, 0.4) is 0 Å². The molecular weight excluding hydrogens is 434 g/mol. The molecule has 3 rings (SSSR count). The normalized spacial score (nSPS) is 33.9. The lowest BCUT2D eigenvalue weighted by atomic mass is 9.68. The van der Waals surface area contributed by atoms with Gasteiger partial charge in [0.1, 0.15) is 23.4 Å². The number of hydrogen-bond donors (Lipinski definition) is 1. The Labute approximate surface area is 205 Å². The molecule has 1 N–H and O–H groups in total. The second-order valence-electron chi connectivity index (χ2n) is 10.6. The summed E-state index contributed by atoms with van der Waals surface area (Å²) in [5.74, 6) is 0.0174. The summed E-state index contributed by atoms with van der Waals surface area (Å²) in [5.41, 5.74) is 0.775. The van der Waals surface area contributed by atoms with Gasteiger partial charge >= 0.3 is 5.97 Å². The second-order valence-corrected chi connectivity index (χ2v) is 10.6. The summed E-state index contributed by atoms with van der Waals surface area (Å²) in [6, 6.07) is 0. The van der Waals surface area contributed by atoms with Gasteiger partial charge in [0.15, 0.2) is 0 Å². The Balaban J connectivity index is 1.43. The van der Waals surface area contributed by atoms with Crippen molar-refractivity contribution in [3.8, 4) is 0 Å². The first kappa shape index (κ1) is 27.2. The third-order valence-corrected chi connectivity index (χ3v) is 7.72. The van der Waals surface area contributed by atoms with Crippen LogP contribution >= 0.6 is 0 Å². The van der Waals surface area contributed by atoms with E-state index in [0.29, 0.717) is 12.8 Å². The summed E-state index contributed by atoms with van der Waals surface area (Å²) in [6.07, 6.45) is 10.3. The Bertz CT molecular complexity index is 729. The number of methoxy groups -OCH3 is 1. The maximum atomic E-state index is 12.6. The number of amides is 1. The van der Waals surface area contributed by atoms with E-state index in [1.54, 1.807) is 7.11 Å². The van der Waals surface area contributed by atoms with Gasteiger partial charge < -0.3 is 24.3 Å². The highest BCUT2D eigenvalue weighted by Crippen LogP contribution is 2.59. The van der Waals surface area contributed by atoms with Gasteiger partial charge in [-0.05, 0) is 52.9 Å². The predicted octanol–water partition coefficient (Wildman–Crippen LogP) is 4.47. The smallest absolute Gasteiger partial charge is 0.306 e. The van der Waals surface area contributed by atoms with Gasteiger partial charge in [-0.1, -0.05) is 37.8 Å². The van der Waals surface area contributed by atoms with Gasteiger partial charge in [-0.25, -0.2) is 0 Å². The fourth-order valence-corrected chi connectivity index (χ4v) is 5.58. The number of rotatable bonds is 14. The van der Waals surface area contributed by atoms with E-state index >= 15 is 0 Å². The molecule has 0 aromatic rings. The predicted molar refractivity (Wildman–Crippen MR) is 130 cm³/mol. The fraction of sp³-hybridized carbons (Fsp3) is 0.852. The van der Waals surface area contributed by atoms with Crippen molar-refractivity contribution in [3.05, 3.63) is 11.6 Å². The van der Waals surface area contributed by atoms with Crippen LogP contribution < -0.4 is 5.32 Å². The molecule has 1 amide bonds. The third kappa shape index (κ3) is 6.82. The summed E-state index contributed by atoms with van der Waals surface area (Å²) in [5, 5.41) is 2.89. The molecule has 1 aliphatic carbocycles. The summed E-state index contributed by atoms with van der Waals surface area (Å²) in [4.78, 5) is 23.8. The maximum absolute atomic E-state index is 12.6. The lowest BCUT2D eigenvalue weighted by Gasteiger charge is -2.42. The molecule has 3 fully saturated rings. The highest BCUT2D eigenvalue weighted by atomic mass is 16.6. The number of carbonyl (C=O) groups is 2. The zero-order valence-electron chi connectivity index (χ0n) is 21.8. The molecule has 0 radical (unpaired) electrons. The summed E-state index contributed by atoms with van der Waals surface area (Å²) in [7, 11) is 1.71. The Kier molecular flexibility index (Phi) is 9.58. The molecule has 4 unspecified atom stereocenters. The first-order chi connectivity index (χ1) is 16.3. The average molecular weight is 480 g/mol. The van der Waals surface area contributed by atoms with Crippen LogP contribution in [0.25, 0.3) is 0 Å². The summed E-state index contributed by atoms with van der Waals surface area (Å²) < 4.78 is 24.1. The SMILES string of the molecule is CCC(=O)NCCCCCCCC(=O)OC1CC[C@]2(CO2)C(C2(C)O[C@@H]2CC=C(C)C)C1OC. The topological polar surface area (TPSA) is 89.7 Å². The van der Waals surface area contributed by atoms with Crippen LogP contribution in [0.15, 0.2) is 11.6 Å². The standard InChI is InChI=1S/C27H45NO6/c1-6-22(29)28-17-11-9-7-8-10-12-23(30)33-20-15-16-27(18-32-27)25(24(20)31-5)26(4)21(34-26)14-13-19(2)3/h13,20-21,24-25H,6-12,14-18H2,1-5H3,(H,28,29)/t20?,21-,24?,25?,26?,27+/m1/s1. The molecule has 0 bridgehead atoms. The van der Waals surface area contributed by atoms with Crippen molar-refractivity contribution in [2.75, 3.05) is 20.3 Å². The molecule has 1 spiro atoms. The molecule has 2 saturated heterocycles. The van der Waals surface area contributed by atoms with Gasteiger partial charge in [0.2, 0.25) is 5.91 Å². The molecule has 1 saturated carbocycles. The van der Waals surface area contributed by atoms with Crippen molar-refractivity contribution in [2.45, 2.75) is 121 Å². The zero-order chi connectivity index (χ0) is 24.8. The Hall–Kier alpha value is -1.44. The van der Waals surface area contributed by atoms with Gasteiger partial charge in [-0.2, -0.15) is 0 Å². The molecule has 3 aliphatic rings. The first-order valence-electron chi connectivity index (χ1n) is 13.2. The molecule has 7 heteroatoms. The van der Waals surface area contributed by atoms with Crippen LogP contribution in [0.1, 0.15) is 91.9 Å². The molecular formula is C27H45NO6. The number of epoxide rings is 2. The van der Waals surface area contributed by atoms with E-state index < -0.39 is 0 Å². The van der Waals surface area contributed by atoms with Crippen molar-refractivity contribution in [2.24, 2.45) is 5.92 Å². The van der Waals surface area contributed by atoms with Gasteiger partial charge in [0.05, 0.1) is 18.6 Å². The Morgan fingerprint density at radius 1 is 1.15 bits per heavy atom. The van der Waals surface area contributed by atoms with Crippen molar-refractivity contribution in [1.82, 2.24) is 5.32 Å². The number of ether oxygens (including phenoxy) is 4. The van der Waals surface area contributed by atoms with Crippen molar-refractivity contribution < 1.29 is 28.5 Å². The number of hydrogen-bond acceptors (Lipinski definition) is 6. The number of nitrogens with one attached hydrogen (secondary N) is 1. The second kappa shape index (κ2) is 12.0. The van der Waals surface area contributed by atoms with E-state index in [9.17, 15) is 9.59 Å². The number of esters is 1. The lowest BCUT2D eigenvalue weighted by Crippen LogP contribution is -2.55. The minimum Gasteiger partial charge on any atom is -0.460 e. The number of allylic oxidation sites excluding steroid dienone is 1. The molecule has 0 aromatic carbocycles. The van der Waals surface area contributed by atoms with E-state index in [4.69, 9.17) is 18.9 Å². The highest BCUT2D eigenvalue weighted by Gasteiger charge is 2.72. The maximum Gasteiger partial charge on any atom is 0.306 e. The highest BCUT2D eigenvalue weighted by molar-refractivity contribution is 5.75. The van der Waals surface area contributed by atoms with Gasteiger partial charge in [-0.3, -0.25) is 9.59 Å². The van der Waals surface area contributed by atoms with Gasteiger partial charge in [-0.15, -0.1) is 0 Å². The summed E-state index contributed by atoms with van der Waals surface area (Å²) >= 11 is 0. The summed E-state index contributed by atoms with van der Waals surface area (Å²) in [6.45, 7) is 9.69. The molecule has 6 atom stereocenters. The van der Waals surface area contributed by atoms with Crippen LogP contribution in [-0.4, -0.2) is 61.7 Å². The van der Waals surface area contributed by atoms with Crippen molar-refractivity contribution in [1.29, 1.82) is 0 Å². The van der Waals surface area contributed by atoms with Crippen LogP contribution in [0.2, 0.25) is 0 Å². The van der Waals surface area contributed by atoms with Gasteiger partial charge in [0, 0.05) is 26.5 Å². The van der Waals surface area contributed by atoms with E-state index in [0.717, 1.165) is 64.5 Å². The lowest BCUT2D eigenvalue weighted by molar-refractivity contribution is -0.172. The van der Waals surface area contributed by atoms with Crippen LogP contribution in [0.4, 0.5) is 0 Å². The van der Waals surface area contributed by atoms with E-state index in [2.05, 4.69) is 32.2 Å². The molecule has 194 valence electrons. The van der Waals surface area contributed by atoms with E-state index in [1.807, 2.05) is 6.92 Å².